The van der Waals surface area contributed by atoms with Crippen LogP contribution >= 0.6 is 11.6 Å². The van der Waals surface area contributed by atoms with Crippen LogP contribution in [0.2, 0.25) is 5.28 Å². The third kappa shape index (κ3) is 1.71. The summed E-state index contributed by atoms with van der Waals surface area (Å²) in [6.45, 7) is 4.48. The second-order valence-electron chi connectivity index (χ2n) is 3.64. The summed E-state index contributed by atoms with van der Waals surface area (Å²) in [7, 11) is 0. The molecule has 0 bridgehead atoms. The van der Waals surface area contributed by atoms with E-state index in [0.717, 1.165) is 12.0 Å². The molecule has 0 saturated carbocycles. The van der Waals surface area contributed by atoms with E-state index in [-0.39, 0.29) is 10.8 Å². The molecule has 0 fully saturated rings. The Morgan fingerprint density at radius 2 is 2.12 bits per heavy atom. The van der Waals surface area contributed by atoms with E-state index in [0.29, 0.717) is 17.4 Å². The number of nitrogens with zero attached hydrogens (tertiary/aromatic N) is 2. The van der Waals surface area contributed by atoms with Gasteiger partial charge in [-0.3, -0.25) is 9.36 Å². The number of aryl methyl sites for hydroxylation is 1. The quantitative estimate of drug-likeness (QED) is 0.752. The Morgan fingerprint density at radius 3 is 2.75 bits per heavy atom. The minimum Gasteiger partial charge on any atom is -0.283 e. The number of benzene rings is 1. The Morgan fingerprint density at radius 1 is 1.38 bits per heavy atom. The highest BCUT2D eigenvalue weighted by Crippen LogP contribution is 2.14. The predicted molar refractivity (Wildman–Crippen MR) is 66.1 cm³/mol. The maximum atomic E-state index is 12.1. The van der Waals surface area contributed by atoms with Crippen molar-refractivity contribution in [2.24, 2.45) is 0 Å². The first-order valence-corrected chi connectivity index (χ1v) is 5.74. The van der Waals surface area contributed by atoms with Crippen molar-refractivity contribution < 1.29 is 0 Å². The van der Waals surface area contributed by atoms with Crippen molar-refractivity contribution in [1.29, 1.82) is 0 Å². The molecule has 4 heteroatoms. The smallest absolute Gasteiger partial charge is 0.262 e. The maximum Gasteiger partial charge on any atom is 0.262 e. The van der Waals surface area contributed by atoms with Crippen molar-refractivity contribution >= 4 is 22.5 Å². The Labute approximate surface area is 98.7 Å². The molecule has 1 heterocycles. The molecule has 16 heavy (non-hydrogen) atoms. The number of halogens is 1. The molecule has 0 aliphatic heterocycles. The van der Waals surface area contributed by atoms with Gasteiger partial charge in [0.15, 0.2) is 0 Å². The van der Waals surface area contributed by atoms with Gasteiger partial charge in [-0.2, -0.15) is 0 Å². The Hall–Kier alpha value is -1.35. The van der Waals surface area contributed by atoms with Crippen LogP contribution in [0.3, 0.4) is 0 Å². The molecule has 0 spiro atoms. The lowest BCUT2D eigenvalue weighted by Crippen LogP contribution is -2.21. The molecular formula is C12H13ClN2O. The first-order chi connectivity index (χ1) is 7.67. The lowest BCUT2D eigenvalue weighted by Gasteiger charge is -2.07. The number of rotatable bonds is 2. The minimum atomic E-state index is -0.0622. The second kappa shape index (κ2) is 4.26. The van der Waals surface area contributed by atoms with Crippen LogP contribution in [0.1, 0.15) is 19.4 Å². The normalized spacial score (nSPS) is 10.9. The van der Waals surface area contributed by atoms with E-state index in [1.807, 2.05) is 25.1 Å². The third-order valence-corrected chi connectivity index (χ3v) is 2.98. The summed E-state index contributed by atoms with van der Waals surface area (Å²) in [5.41, 5.74) is 1.74. The van der Waals surface area contributed by atoms with Crippen LogP contribution in [-0.4, -0.2) is 9.55 Å². The molecule has 84 valence electrons. The zero-order chi connectivity index (χ0) is 11.7. The summed E-state index contributed by atoms with van der Waals surface area (Å²) in [5, 5.41) is 0.898. The molecule has 0 unspecified atom stereocenters. The molecule has 0 aliphatic rings. The molecule has 2 aromatic rings. The number of aromatic nitrogens is 2. The Bertz CT molecular complexity index is 589. The van der Waals surface area contributed by atoms with Gasteiger partial charge in [0.2, 0.25) is 5.28 Å². The summed E-state index contributed by atoms with van der Waals surface area (Å²) in [4.78, 5) is 16.3. The van der Waals surface area contributed by atoms with E-state index in [9.17, 15) is 4.79 Å². The Kier molecular flexibility index (Phi) is 2.97. The van der Waals surface area contributed by atoms with Crippen molar-refractivity contribution in [3.8, 4) is 0 Å². The molecule has 3 nitrogen and oxygen atoms in total. The van der Waals surface area contributed by atoms with Crippen molar-refractivity contribution in [3.63, 3.8) is 0 Å². The van der Waals surface area contributed by atoms with Crippen LogP contribution in [0.25, 0.3) is 10.9 Å². The largest absolute Gasteiger partial charge is 0.283 e. The van der Waals surface area contributed by atoms with Gasteiger partial charge in [-0.25, -0.2) is 4.98 Å². The van der Waals surface area contributed by atoms with Crippen LogP contribution in [0.15, 0.2) is 23.0 Å². The van der Waals surface area contributed by atoms with Crippen molar-refractivity contribution in [1.82, 2.24) is 9.55 Å². The predicted octanol–water partition coefficient (Wildman–Crippen LogP) is 2.63. The highest BCUT2D eigenvalue weighted by molar-refractivity contribution is 6.28. The fourth-order valence-electron chi connectivity index (χ4n) is 1.73. The third-order valence-electron chi connectivity index (χ3n) is 2.70. The van der Waals surface area contributed by atoms with Crippen molar-refractivity contribution in [2.45, 2.75) is 26.8 Å². The molecule has 0 saturated heterocycles. The average Bonchev–Trinajstić information content (AvgIpc) is 2.29. The number of hydrogen-bond acceptors (Lipinski definition) is 2. The number of fused-ring (bicyclic) bond motifs is 1. The molecular weight excluding hydrogens is 224 g/mol. The molecule has 0 amide bonds. The van der Waals surface area contributed by atoms with E-state index >= 15 is 0 Å². The zero-order valence-corrected chi connectivity index (χ0v) is 10.1. The highest BCUT2D eigenvalue weighted by Gasteiger charge is 2.08. The lowest BCUT2D eigenvalue weighted by molar-refractivity contribution is 0.718. The molecule has 0 N–H and O–H groups in total. The minimum absolute atomic E-state index is 0.0622. The molecule has 0 radical (unpaired) electrons. The first-order valence-electron chi connectivity index (χ1n) is 5.36. The molecule has 1 aromatic heterocycles. The van der Waals surface area contributed by atoms with Gasteiger partial charge in [0.25, 0.3) is 5.56 Å². The molecule has 1 aromatic carbocycles. The van der Waals surface area contributed by atoms with Gasteiger partial charge in [0, 0.05) is 6.54 Å². The fourth-order valence-corrected chi connectivity index (χ4v) is 2.02. The SMILES string of the molecule is CCc1ccc2nc(Cl)n(CC)c(=O)c2c1. The van der Waals surface area contributed by atoms with Gasteiger partial charge in [0.1, 0.15) is 0 Å². The van der Waals surface area contributed by atoms with Crippen LogP contribution < -0.4 is 5.56 Å². The van der Waals surface area contributed by atoms with E-state index < -0.39 is 0 Å². The molecule has 0 aliphatic carbocycles. The van der Waals surface area contributed by atoms with Gasteiger partial charge in [-0.15, -0.1) is 0 Å². The van der Waals surface area contributed by atoms with Crippen LogP contribution in [0, 0.1) is 0 Å². The summed E-state index contributed by atoms with van der Waals surface area (Å²) < 4.78 is 1.48. The van der Waals surface area contributed by atoms with Gasteiger partial charge in [-0.05, 0) is 42.6 Å². The van der Waals surface area contributed by atoms with Crippen molar-refractivity contribution in [3.05, 3.63) is 39.4 Å². The summed E-state index contributed by atoms with van der Waals surface area (Å²) in [5.74, 6) is 0. The first kappa shape index (κ1) is 11.1. The van der Waals surface area contributed by atoms with E-state index in [2.05, 4.69) is 11.9 Å². The van der Waals surface area contributed by atoms with Gasteiger partial charge >= 0.3 is 0 Å². The van der Waals surface area contributed by atoms with E-state index in [4.69, 9.17) is 11.6 Å². The molecule has 2 rings (SSSR count). The monoisotopic (exact) mass is 236 g/mol. The molecule has 0 atom stereocenters. The fraction of sp³-hybridized carbons (Fsp3) is 0.333. The van der Waals surface area contributed by atoms with E-state index in [1.165, 1.54) is 4.57 Å². The summed E-state index contributed by atoms with van der Waals surface area (Å²) >= 11 is 5.93. The van der Waals surface area contributed by atoms with Crippen molar-refractivity contribution in [2.75, 3.05) is 0 Å². The maximum absolute atomic E-state index is 12.1. The van der Waals surface area contributed by atoms with Gasteiger partial charge in [0.05, 0.1) is 10.9 Å². The second-order valence-corrected chi connectivity index (χ2v) is 3.97. The topological polar surface area (TPSA) is 34.9 Å². The number of hydrogen-bond donors (Lipinski definition) is 0. The zero-order valence-electron chi connectivity index (χ0n) is 9.33. The summed E-state index contributed by atoms with van der Waals surface area (Å²) in [6, 6.07) is 5.72. The van der Waals surface area contributed by atoms with Crippen LogP contribution in [0.4, 0.5) is 0 Å². The van der Waals surface area contributed by atoms with Gasteiger partial charge in [-0.1, -0.05) is 13.0 Å². The van der Waals surface area contributed by atoms with Crippen LogP contribution in [-0.2, 0) is 13.0 Å². The lowest BCUT2D eigenvalue weighted by atomic mass is 10.1. The van der Waals surface area contributed by atoms with E-state index in [1.54, 1.807) is 0 Å². The standard InChI is InChI=1S/C12H13ClN2O/c1-3-8-5-6-10-9(7-8)11(16)15(4-2)12(13)14-10/h5-7H,3-4H2,1-2H3. The Balaban J connectivity index is 2.84. The highest BCUT2D eigenvalue weighted by atomic mass is 35.5. The summed E-state index contributed by atoms with van der Waals surface area (Å²) in [6.07, 6.45) is 0.907. The van der Waals surface area contributed by atoms with Gasteiger partial charge < -0.3 is 0 Å². The van der Waals surface area contributed by atoms with Crippen LogP contribution in [0.5, 0.6) is 0 Å². The average molecular weight is 237 g/mol.